The SMILES string of the molecule is CN1CCC(n2cc(C(C)(C)C)cn2)CC1. The minimum absolute atomic E-state index is 0.212. The predicted octanol–water partition coefficient (Wildman–Crippen LogP) is 2.45. The van der Waals surface area contributed by atoms with Gasteiger partial charge in [-0.3, -0.25) is 4.68 Å². The van der Waals surface area contributed by atoms with Gasteiger partial charge >= 0.3 is 0 Å². The second kappa shape index (κ2) is 4.21. The van der Waals surface area contributed by atoms with Crippen molar-refractivity contribution in [3.63, 3.8) is 0 Å². The van der Waals surface area contributed by atoms with Crippen molar-refractivity contribution in [3.8, 4) is 0 Å². The zero-order valence-corrected chi connectivity index (χ0v) is 10.9. The topological polar surface area (TPSA) is 21.1 Å². The molecular formula is C13H23N3. The molecule has 1 saturated heterocycles. The van der Waals surface area contributed by atoms with Gasteiger partial charge in [-0.15, -0.1) is 0 Å². The molecule has 0 spiro atoms. The average molecular weight is 221 g/mol. The van der Waals surface area contributed by atoms with Crippen LogP contribution in [-0.4, -0.2) is 34.8 Å². The van der Waals surface area contributed by atoms with Crippen LogP contribution in [0.3, 0.4) is 0 Å². The lowest BCUT2D eigenvalue weighted by Gasteiger charge is -2.29. The molecule has 3 heteroatoms. The lowest BCUT2D eigenvalue weighted by atomic mass is 9.90. The van der Waals surface area contributed by atoms with E-state index >= 15 is 0 Å². The van der Waals surface area contributed by atoms with Crippen LogP contribution in [0, 0.1) is 0 Å². The lowest BCUT2D eigenvalue weighted by Crippen LogP contribution is -2.31. The van der Waals surface area contributed by atoms with Crippen molar-refractivity contribution in [1.29, 1.82) is 0 Å². The predicted molar refractivity (Wildman–Crippen MR) is 66.7 cm³/mol. The Bertz CT molecular complexity index is 340. The fourth-order valence-corrected chi connectivity index (χ4v) is 2.18. The Morgan fingerprint density at radius 3 is 2.38 bits per heavy atom. The zero-order chi connectivity index (χ0) is 11.8. The van der Waals surface area contributed by atoms with Gasteiger partial charge in [0.25, 0.3) is 0 Å². The van der Waals surface area contributed by atoms with Gasteiger partial charge in [0.1, 0.15) is 0 Å². The van der Waals surface area contributed by atoms with E-state index in [-0.39, 0.29) is 5.41 Å². The first kappa shape index (κ1) is 11.6. The Morgan fingerprint density at radius 2 is 1.88 bits per heavy atom. The van der Waals surface area contributed by atoms with Gasteiger partial charge in [-0.2, -0.15) is 5.10 Å². The summed E-state index contributed by atoms with van der Waals surface area (Å²) in [7, 11) is 2.19. The summed E-state index contributed by atoms with van der Waals surface area (Å²) in [5.41, 5.74) is 1.55. The third-order valence-corrected chi connectivity index (χ3v) is 3.53. The molecule has 1 fully saturated rings. The standard InChI is InChI=1S/C13H23N3/c1-13(2,3)11-9-14-16(10-11)12-5-7-15(4)8-6-12/h9-10,12H,5-8H2,1-4H3. The minimum atomic E-state index is 0.212. The van der Waals surface area contributed by atoms with E-state index in [9.17, 15) is 0 Å². The fraction of sp³-hybridized carbons (Fsp3) is 0.769. The number of hydrogen-bond acceptors (Lipinski definition) is 2. The Kier molecular flexibility index (Phi) is 3.06. The molecule has 1 aromatic heterocycles. The van der Waals surface area contributed by atoms with E-state index in [1.165, 1.54) is 31.5 Å². The molecule has 0 unspecified atom stereocenters. The van der Waals surface area contributed by atoms with Crippen molar-refractivity contribution >= 4 is 0 Å². The van der Waals surface area contributed by atoms with Crippen molar-refractivity contribution in [2.75, 3.05) is 20.1 Å². The Hall–Kier alpha value is -0.830. The summed E-state index contributed by atoms with van der Waals surface area (Å²) in [6.07, 6.45) is 6.71. The average Bonchev–Trinajstić information content (AvgIpc) is 2.67. The van der Waals surface area contributed by atoms with Crippen LogP contribution in [0.25, 0.3) is 0 Å². The van der Waals surface area contributed by atoms with E-state index in [1.807, 2.05) is 6.20 Å². The van der Waals surface area contributed by atoms with Crippen LogP contribution in [0.2, 0.25) is 0 Å². The van der Waals surface area contributed by atoms with E-state index in [2.05, 4.69) is 48.7 Å². The molecule has 0 amide bonds. The van der Waals surface area contributed by atoms with Crippen LogP contribution in [0.5, 0.6) is 0 Å². The molecule has 0 N–H and O–H groups in total. The monoisotopic (exact) mass is 221 g/mol. The highest BCUT2D eigenvalue weighted by molar-refractivity contribution is 5.15. The normalized spacial score (nSPS) is 20.2. The molecule has 0 atom stereocenters. The van der Waals surface area contributed by atoms with Crippen LogP contribution >= 0.6 is 0 Å². The van der Waals surface area contributed by atoms with Gasteiger partial charge in [0.05, 0.1) is 12.2 Å². The van der Waals surface area contributed by atoms with Crippen molar-refractivity contribution < 1.29 is 0 Å². The molecule has 0 aliphatic carbocycles. The Morgan fingerprint density at radius 1 is 1.25 bits per heavy atom. The fourth-order valence-electron chi connectivity index (χ4n) is 2.18. The maximum Gasteiger partial charge on any atom is 0.0543 e. The zero-order valence-electron chi connectivity index (χ0n) is 10.9. The number of piperidine rings is 1. The van der Waals surface area contributed by atoms with Crippen LogP contribution in [0.1, 0.15) is 45.2 Å². The van der Waals surface area contributed by atoms with Gasteiger partial charge in [0.2, 0.25) is 0 Å². The summed E-state index contributed by atoms with van der Waals surface area (Å²) in [5, 5.41) is 4.53. The lowest BCUT2D eigenvalue weighted by molar-refractivity contribution is 0.212. The molecular weight excluding hydrogens is 198 g/mol. The van der Waals surface area contributed by atoms with E-state index < -0.39 is 0 Å². The largest absolute Gasteiger partial charge is 0.306 e. The van der Waals surface area contributed by atoms with Gasteiger partial charge in [-0.05, 0) is 44.0 Å². The minimum Gasteiger partial charge on any atom is -0.306 e. The number of aromatic nitrogens is 2. The molecule has 2 rings (SSSR count). The number of hydrogen-bond donors (Lipinski definition) is 0. The highest BCUT2D eigenvalue weighted by atomic mass is 15.3. The molecule has 1 aliphatic rings. The Balaban J connectivity index is 2.08. The van der Waals surface area contributed by atoms with Gasteiger partial charge in [-0.25, -0.2) is 0 Å². The second-order valence-corrected chi connectivity index (χ2v) is 5.99. The molecule has 90 valence electrons. The van der Waals surface area contributed by atoms with Gasteiger partial charge in [-0.1, -0.05) is 20.8 Å². The molecule has 0 radical (unpaired) electrons. The van der Waals surface area contributed by atoms with Gasteiger partial charge < -0.3 is 4.90 Å². The van der Waals surface area contributed by atoms with E-state index in [0.717, 1.165) is 0 Å². The van der Waals surface area contributed by atoms with E-state index in [0.29, 0.717) is 6.04 Å². The van der Waals surface area contributed by atoms with Crippen LogP contribution in [0.15, 0.2) is 12.4 Å². The molecule has 3 nitrogen and oxygen atoms in total. The van der Waals surface area contributed by atoms with Crippen molar-refractivity contribution in [3.05, 3.63) is 18.0 Å². The molecule has 1 aromatic rings. The van der Waals surface area contributed by atoms with Gasteiger partial charge in [0, 0.05) is 6.20 Å². The number of nitrogens with zero attached hydrogens (tertiary/aromatic N) is 3. The summed E-state index contributed by atoms with van der Waals surface area (Å²) in [5.74, 6) is 0. The summed E-state index contributed by atoms with van der Waals surface area (Å²) < 4.78 is 2.17. The maximum atomic E-state index is 4.53. The molecule has 0 saturated carbocycles. The summed E-state index contributed by atoms with van der Waals surface area (Å²) in [6.45, 7) is 9.10. The first-order valence-electron chi connectivity index (χ1n) is 6.20. The van der Waals surface area contributed by atoms with E-state index in [4.69, 9.17) is 0 Å². The van der Waals surface area contributed by atoms with Crippen LogP contribution in [0.4, 0.5) is 0 Å². The second-order valence-electron chi connectivity index (χ2n) is 5.99. The van der Waals surface area contributed by atoms with Crippen LogP contribution in [-0.2, 0) is 5.41 Å². The smallest absolute Gasteiger partial charge is 0.0543 e. The molecule has 16 heavy (non-hydrogen) atoms. The molecule has 1 aliphatic heterocycles. The summed E-state index contributed by atoms with van der Waals surface area (Å²) >= 11 is 0. The third-order valence-electron chi connectivity index (χ3n) is 3.53. The number of likely N-dealkylation sites (tertiary alicyclic amines) is 1. The molecule has 0 aromatic carbocycles. The number of rotatable bonds is 1. The van der Waals surface area contributed by atoms with Crippen molar-refractivity contribution in [2.24, 2.45) is 0 Å². The Labute approximate surface area is 98.4 Å². The highest BCUT2D eigenvalue weighted by Crippen LogP contribution is 2.25. The third kappa shape index (κ3) is 2.46. The van der Waals surface area contributed by atoms with Crippen molar-refractivity contribution in [2.45, 2.75) is 45.1 Å². The first-order valence-corrected chi connectivity index (χ1v) is 6.20. The summed E-state index contributed by atoms with van der Waals surface area (Å²) in [4.78, 5) is 2.39. The maximum absolute atomic E-state index is 4.53. The van der Waals surface area contributed by atoms with Crippen LogP contribution < -0.4 is 0 Å². The van der Waals surface area contributed by atoms with Crippen molar-refractivity contribution in [1.82, 2.24) is 14.7 Å². The highest BCUT2D eigenvalue weighted by Gasteiger charge is 2.21. The summed E-state index contributed by atoms with van der Waals surface area (Å²) in [6, 6.07) is 0.604. The quantitative estimate of drug-likeness (QED) is 0.726. The molecule has 0 bridgehead atoms. The molecule has 2 heterocycles. The van der Waals surface area contributed by atoms with E-state index in [1.54, 1.807) is 0 Å². The van der Waals surface area contributed by atoms with Gasteiger partial charge in [0.15, 0.2) is 0 Å². The first-order chi connectivity index (χ1) is 7.47.